The molecule has 10 nitrogen and oxygen atoms in total. The molecule has 0 fully saturated rings. The van der Waals surface area contributed by atoms with Gasteiger partial charge in [0.05, 0.1) is 0 Å². The Morgan fingerprint density at radius 3 is 1.36 bits per heavy atom. The van der Waals surface area contributed by atoms with Gasteiger partial charge in [0.15, 0.2) is 0 Å². The summed E-state index contributed by atoms with van der Waals surface area (Å²) in [5.41, 5.74) is 7.66. The zero-order chi connectivity index (χ0) is 18.0. The third kappa shape index (κ3) is 20.9. The lowest BCUT2D eigenvalue weighted by Crippen LogP contribution is -2.21. The summed E-state index contributed by atoms with van der Waals surface area (Å²) in [7, 11) is -10.3. The number of rotatable bonds is 3. The van der Waals surface area contributed by atoms with Crippen LogP contribution in [0.4, 0.5) is 11.4 Å². The second kappa shape index (κ2) is 10.3. The summed E-state index contributed by atoms with van der Waals surface area (Å²) in [5, 5.41) is 0. The quantitative estimate of drug-likeness (QED) is 0.417. The van der Waals surface area contributed by atoms with E-state index in [0.717, 1.165) is 18.8 Å². The van der Waals surface area contributed by atoms with E-state index in [0.29, 0.717) is 0 Å². The Morgan fingerprint density at radius 1 is 0.864 bits per heavy atom. The van der Waals surface area contributed by atoms with Crippen LogP contribution in [-0.2, 0) is 20.8 Å². The molecule has 1 aromatic rings. The van der Waals surface area contributed by atoms with Crippen LogP contribution in [-0.4, -0.2) is 48.1 Å². The molecule has 0 radical (unpaired) electrons. The van der Waals surface area contributed by atoms with Crippen molar-refractivity contribution in [2.45, 2.75) is 13.8 Å². The summed E-state index contributed by atoms with van der Waals surface area (Å²) in [6.45, 7) is 6.39. The Hall–Kier alpha value is -1.44. The summed E-state index contributed by atoms with van der Waals surface area (Å²) >= 11 is 0. The van der Waals surface area contributed by atoms with E-state index in [1.54, 1.807) is 0 Å². The van der Waals surface area contributed by atoms with Crippen LogP contribution in [0.2, 0.25) is 0 Å². The molecular formula is C10H16N2O8S2-4. The van der Waals surface area contributed by atoms with E-state index in [2.05, 4.69) is 30.9 Å². The van der Waals surface area contributed by atoms with Gasteiger partial charge in [0.1, 0.15) is 0 Å². The summed E-state index contributed by atoms with van der Waals surface area (Å²) < 4.78 is 68.2. The topological polar surface area (TPSA) is 190 Å². The van der Waals surface area contributed by atoms with Gasteiger partial charge in [0, 0.05) is 45.3 Å². The molecule has 1 aromatic carbocycles. The summed E-state index contributed by atoms with van der Waals surface area (Å²) in [4.78, 5) is 2.29. The van der Waals surface area contributed by atoms with Gasteiger partial charge in [-0.1, -0.05) is 0 Å². The summed E-state index contributed by atoms with van der Waals surface area (Å²) in [6, 6.07) is 7.99. The highest BCUT2D eigenvalue weighted by Gasteiger charge is 1.99. The highest BCUT2D eigenvalue weighted by atomic mass is 32.3. The predicted molar refractivity (Wildman–Crippen MR) is 75.4 cm³/mol. The van der Waals surface area contributed by atoms with E-state index >= 15 is 0 Å². The molecule has 1 rings (SSSR count). The monoisotopic (exact) mass is 356 g/mol. The van der Waals surface area contributed by atoms with Crippen LogP contribution in [0.1, 0.15) is 13.8 Å². The zero-order valence-corrected chi connectivity index (χ0v) is 13.5. The molecule has 22 heavy (non-hydrogen) atoms. The first-order chi connectivity index (χ1) is 9.77. The molecule has 0 atom stereocenters. The molecule has 0 unspecified atom stereocenters. The Labute approximate surface area is 129 Å². The minimum atomic E-state index is -5.17. The number of hydrogen-bond acceptors (Lipinski definition) is 10. The van der Waals surface area contributed by atoms with Gasteiger partial charge in [-0.15, -0.1) is 0 Å². The summed E-state index contributed by atoms with van der Waals surface area (Å²) in [5.74, 6) is 0. The first-order valence-electron chi connectivity index (χ1n) is 5.71. The highest BCUT2D eigenvalue weighted by Crippen LogP contribution is 2.15. The fourth-order valence-electron chi connectivity index (χ4n) is 1.27. The van der Waals surface area contributed by atoms with E-state index in [4.69, 9.17) is 40.8 Å². The van der Waals surface area contributed by atoms with E-state index in [9.17, 15) is 0 Å². The van der Waals surface area contributed by atoms with Gasteiger partial charge in [0.25, 0.3) is 0 Å². The third-order valence-corrected chi connectivity index (χ3v) is 2.02. The molecule has 0 saturated carbocycles. The minimum absolute atomic E-state index is 0.825. The molecule has 0 saturated heterocycles. The molecule has 12 heteroatoms. The van der Waals surface area contributed by atoms with Gasteiger partial charge < -0.3 is 28.8 Å². The van der Waals surface area contributed by atoms with Crippen molar-refractivity contribution in [3.8, 4) is 0 Å². The standard InChI is InChI=1S/C10H16N2.2H2O4S/c1-3-12(4-2)10-7-5-9(11)6-8-10;2*1-5(2,3)4/h5-8H,3-4,11H2,1-2H3;2*(H2,1,2,3,4)/p-4. The molecule has 0 spiro atoms. The van der Waals surface area contributed by atoms with Crippen LogP contribution in [0.15, 0.2) is 24.3 Å². The van der Waals surface area contributed by atoms with Crippen molar-refractivity contribution in [1.82, 2.24) is 0 Å². The fourth-order valence-corrected chi connectivity index (χ4v) is 1.27. The largest absolute Gasteiger partial charge is 0.759 e. The van der Waals surface area contributed by atoms with Crippen LogP contribution < -0.4 is 10.6 Å². The summed E-state index contributed by atoms with van der Waals surface area (Å²) in [6.07, 6.45) is 0. The molecule has 130 valence electrons. The molecular weight excluding hydrogens is 340 g/mol. The molecule has 0 aromatic heterocycles. The van der Waals surface area contributed by atoms with Crippen molar-refractivity contribution < 1.29 is 35.0 Å². The van der Waals surface area contributed by atoms with Gasteiger partial charge in [-0.2, -0.15) is 0 Å². The number of anilines is 2. The van der Waals surface area contributed by atoms with Gasteiger partial charge in [-0.25, -0.2) is 0 Å². The number of nitrogen functional groups attached to an aromatic ring is 1. The Bertz CT molecular complexity index is 563. The molecule has 0 heterocycles. The molecule has 0 amide bonds. The lowest BCUT2D eigenvalue weighted by molar-refractivity contribution is 0.350. The number of benzene rings is 1. The predicted octanol–water partition coefficient (Wildman–Crippen LogP) is -0.561. The van der Waals surface area contributed by atoms with Crippen molar-refractivity contribution >= 4 is 32.2 Å². The number of nitrogens with zero attached hydrogens (tertiary/aromatic N) is 1. The van der Waals surface area contributed by atoms with E-state index in [1.165, 1.54) is 5.69 Å². The van der Waals surface area contributed by atoms with Crippen LogP contribution in [0.3, 0.4) is 0 Å². The lowest BCUT2D eigenvalue weighted by Gasteiger charge is -2.20. The Morgan fingerprint density at radius 2 is 1.14 bits per heavy atom. The highest BCUT2D eigenvalue weighted by molar-refractivity contribution is 7.79. The van der Waals surface area contributed by atoms with Crippen LogP contribution in [0.25, 0.3) is 0 Å². The smallest absolute Gasteiger partial charge is 0.0367 e. The maximum Gasteiger partial charge on any atom is 0.0367 e. The fraction of sp³-hybridized carbons (Fsp3) is 0.400. The second-order valence-electron chi connectivity index (χ2n) is 3.58. The van der Waals surface area contributed by atoms with Crippen molar-refractivity contribution in [3.63, 3.8) is 0 Å². The van der Waals surface area contributed by atoms with Crippen LogP contribution in [0, 0.1) is 0 Å². The van der Waals surface area contributed by atoms with Gasteiger partial charge in [-0.3, -0.25) is 16.8 Å². The number of nitrogens with two attached hydrogens (primary N) is 1. The van der Waals surface area contributed by atoms with Gasteiger partial charge in [0.2, 0.25) is 0 Å². The SMILES string of the molecule is CCN(CC)c1ccc(N)cc1.O=S(=O)([O-])[O-].O=S(=O)([O-])[O-]. The van der Waals surface area contributed by atoms with E-state index < -0.39 is 20.8 Å². The Kier molecular flexibility index (Phi) is 10.7. The van der Waals surface area contributed by atoms with E-state index in [1.807, 2.05) is 12.1 Å². The molecule has 0 bridgehead atoms. The number of hydrogen-bond donors (Lipinski definition) is 1. The van der Waals surface area contributed by atoms with Crippen molar-refractivity contribution in [2.75, 3.05) is 23.7 Å². The first-order valence-corrected chi connectivity index (χ1v) is 8.38. The average molecular weight is 356 g/mol. The minimum Gasteiger partial charge on any atom is -0.759 e. The molecule has 0 aliphatic heterocycles. The van der Waals surface area contributed by atoms with E-state index in [-0.39, 0.29) is 0 Å². The normalized spacial score (nSPS) is 10.6. The van der Waals surface area contributed by atoms with Crippen molar-refractivity contribution in [3.05, 3.63) is 24.3 Å². The first kappa shape index (κ1) is 22.8. The average Bonchev–Trinajstić information content (AvgIpc) is 2.29. The lowest BCUT2D eigenvalue weighted by atomic mass is 10.2. The maximum atomic E-state index is 8.52. The van der Waals surface area contributed by atoms with Crippen LogP contribution in [0.5, 0.6) is 0 Å². The van der Waals surface area contributed by atoms with Crippen molar-refractivity contribution in [1.29, 1.82) is 0 Å². The molecule has 2 N–H and O–H groups in total. The van der Waals surface area contributed by atoms with Crippen LogP contribution >= 0.6 is 0 Å². The third-order valence-electron chi connectivity index (χ3n) is 2.02. The Balaban J connectivity index is 0. The maximum absolute atomic E-state index is 8.52. The second-order valence-corrected chi connectivity index (χ2v) is 5.21. The van der Waals surface area contributed by atoms with Gasteiger partial charge in [-0.05, 0) is 38.1 Å². The molecule has 0 aliphatic carbocycles. The van der Waals surface area contributed by atoms with Gasteiger partial charge >= 0.3 is 0 Å². The molecule has 0 aliphatic rings. The van der Waals surface area contributed by atoms with Crippen molar-refractivity contribution in [2.24, 2.45) is 0 Å². The zero-order valence-electron chi connectivity index (χ0n) is 11.8.